The van der Waals surface area contributed by atoms with Gasteiger partial charge < -0.3 is 10.4 Å². The van der Waals surface area contributed by atoms with Gasteiger partial charge in [-0.3, -0.25) is 0 Å². The van der Waals surface area contributed by atoms with Gasteiger partial charge in [-0.05, 0) is 31.0 Å². The Balaban J connectivity index is 1.92. The van der Waals surface area contributed by atoms with Gasteiger partial charge in [0.05, 0.1) is 5.60 Å². The minimum Gasteiger partial charge on any atom is -0.388 e. The van der Waals surface area contributed by atoms with E-state index in [0.29, 0.717) is 6.54 Å². The minimum atomic E-state index is -0.512. The van der Waals surface area contributed by atoms with Gasteiger partial charge in [0, 0.05) is 17.3 Å². The molecule has 0 saturated heterocycles. The second-order valence-corrected chi connectivity index (χ2v) is 4.73. The van der Waals surface area contributed by atoms with Crippen LogP contribution in [-0.4, -0.2) is 17.3 Å². The molecular weight excluding hydrogens is 210 g/mol. The largest absolute Gasteiger partial charge is 0.388 e. The molecule has 0 spiro atoms. The van der Waals surface area contributed by atoms with Crippen molar-refractivity contribution in [2.24, 2.45) is 0 Å². The molecule has 1 aromatic carbocycles. The molecule has 0 aliphatic heterocycles. The average Bonchev–Trinajstić information content (AvgIpc) is 2.63. The predicted octanol–water partition coefficient (Wildman–Crippen LogP) is 3.06. The Kier molecular flexibility index (Phi) is 3.17. The number of nitrogens with one attached hydrogen (secondary N) is 1. The van der Waals surface area contributed by atoms with E-state index < -0.39 is 5.60 Å². The summed E-state index contributed by atoms with van der Waals surface area (Å²) in [4.78, 5) is 0. The molecular formula is C12H16ClNO. The number of anilines is 1. The first-order valence-corrected chi connectivity index (χ1v) is 5.78. The lowest BCUT2D eigenvalue weighted by Crippen LogP contribution is -2.33. The van der Waals surface area contributed by atoms with Crippen LogP contribution in [0.25, 0.3) is 0 Å². The standard InChI is InChI=1S/C12H16ClNO/c13-10-4-3-5-11(8-10)14-9-12(15)6-1-2-7-12/h3-5,8,14-15H,1-2,6-7,9H2. The van der Waals surface area contributed by atoms with E-state index in [-0.39, 0.29) is 0 Å². The predicted molar refractivity (Wildman–Crippen MR) is 63.4 cm³/mol. The quantitative estimate of drug-likeness (QED) is 0.829. The molecule has 0 bridgehead atoms. The molecule has 1 saturated carbocycles. The molecule has 1 aliphatic rings. The van der Waals surface area contributed by atoms with E-state index in [4.69, 9.17) is 11.6 Å². The lowest BCUT2D eigenvalue weighted by Gasteiger charge is -2.23. The maximum Gasteiger partial charge on any atom is 0.0819 e. The van der Waals surface area contributed by atoms with Gasteiger partial charge >= 0.3 is 0 Å². The summed E-state index contributed by atoms with van der Waals surface area (Å²) in [5.41, 5.74) is 0.463. The molecule has 3 heteroatoms. The molecule has 15 heavy (non-hydrogen) atoms. The molecule has 2 N–H and O–H groups in total. The zero-order valence-corrected chi connectivity index (χ0v) is 9.43. The van der Waals surface area contributed by atoms with E-state index in [2.05, 4.69) is 5.32 Å². The summed E-state index contributed by atoms with van der Waals surface area (Å²) in [5, 5.41) is 14.1. The van der Waals surface area contributed by atoms with E-state index >= 15 is 0 Å². The van der Waals surface area contributed by atoms with Gasteiger partial charge in [-0.2, -0.15) is 0 Å². The number of aliphatic hydroxyl groups is 1. The summed E-state index contributed by atoms with van der Waals surface area (Å²) in [6.07, 6.45) is 4.07. The molecule has 0 aromatic heterocycles. The van der Waals surface area contributed by atoms with Crippen molar-refractivity contribution in [3.8, 4) is 0 Å². The average molecular weight is 226 g/mol. The highest BCUT2D eigenvalue weighted by molar-refractivity contribution is 6.30. The van der Waals surface area contributed by atoms with Crippen molar-refractivity contribution in [3.63, 3.8) is 0 Å². The van der Waals surface area contributed by atoms with Gasteiger partial charge in [0.25, 0.3) is 0 Å². The fourth-order valence-electron chi connectivity index (χ4n) is 2.07. The SMILES string of the molecule is OC1(CNc2cccc(Cl)c2)CCCC1. The van der Waals surface area contributed by atoms with Crippen LogP contribution in [0.1, 0.15) is 25.7 Å². The number of hydrogen-bond acceptors (Lipinski definition) is 2. The van der Waals surface area contributed by atoms with Crippen molar-refractivity contribution < 1.29 is 5.11 Å². The lowest BCUT2D eigenvalue weighted by atomic mass is 10.0. The minimum absolute atomic E-state index is 0.512. The normalized spacial score (nSPS) is 19.1. The first-order valence-electron chi connectivity index (χ1n) is 5.40. The molecule has 0 radical (unpaired) electrons. The third-order valence-electron chi connectivity index (χ3n) is 2.98. The summed E-state index contributed by atoms with van der Waals surface area (Å²) in [6.45, 7) is 0.618. The number of hydrogen-bond donors (Lipinski definition) is 2. The summed E-state index contributed by atoms with van der Waals surface area (Å²) < 4.78 is 0. The molecule has 0 unspecified atom stereocenters. The van der Waals surface area contributed by atoms with Gasteiger partial charge in [-0.15, -0.1) is 0 Å². The smallest absolute Gasteiger partial charge is 0.0819 e. The summed E-state index contributed by atoms with van der Waals surface area (Å²) >= 11 is 5.87. The first-order chi connectivity index (χ1) is 7.18. The van der Waals surface area contributed by atoms with Gasteiger partial charge in [0.1, 0.15) is 0 Å². The van der Waals surface area contributed by atoms with Crippen LogP contribution >= 0.6 is 11.6 Å². The van der Waals surface area contributed by atoms with Crippen molar-refractivity contribution in [1.29, 1.82) is 0 Å². The molecule has 0 atom stereocenters. The zero-order valence-electron chi connectivity index (χ0n) is 8.67. The van der Waals surface area contributed by atoms with Gasteiger partial charge in [-0.1, -0.05) is 30.5 Å². The highest BCUT2D eigenvalue weighted by Crippen LogP contribution is 2.29. The molecule has 0 amide bonds. The van der Waals surface area contributed by atoms with Crippen LogP contribution in [-0.2, 0) is 0 Å². The Labute approximate surface area is 95.3 Å². The molecule has 1 aromatic rings. The first kappa shape index (κ1) is 10.8. The fourth-order valence-corrected chi connectivity index (χ4v) is 2.27. The third-order valence-corrected chi connectivity index (χ3v) is 3.22. The molecule has 2 rings (SSSR count). The maximum absolute atomic E-state index is 10.1. The van der Waals surface area contributed by atoms with Crippen molar-refractivity contribution in [1.82, 2.24) is 0 Å². The van der Waals surface area contributed by atoms with Gasteiger partial charge in [0.2, 0.25) is 0 Å². The van der Waals surface area contributed by atoms with Crippen LogP contribution in [0, 0.1) is 0 Å². The maximum atomic E-state index is 10.1. The van der Waals surface area contributed by atoms with Crippen molar-refractivity contribution in [2.75, 3.05) is 11.9 Å². The molecule has 0 heterocycles. The van der Waals surface area contributed by atoms with Crippen LogP contribution in [0.4, 0.5) is 5.69 Å². The van der Waals surface area contributed by atoms with Gasteiger partial charge in [0.15, 0.2) is 0 Å². The highest BCUT2D eigenvalue weighted by atomic mass is 35.5. The summed E-state index contributed by atoms with van der Waals surface area (Å²) in [6, 6.07) is 7.59. The number of benzene rings is 1. The highest BCUT2D eigenvalue weighted by Gasteiger charge is 2.30. The Hall–Kier alpha value is -0.730. The van der Waals surface area contributed by atoms with E-state index in [1.165, 1.54) is 0 Å². The van der Waals surface area contributed by atoms with Crippen molar-refractivity contribution in [2.45, 2.75) is 31.3 Å². The van der Waals surface area contributed by atoms with Crippen molar-refractivity contribution >= 4 is 17.3 Å². The van der Waals surface area contributed by atoms with Gasteiger partial charge in [-0.25, -0.2) is 0 Å². The Morgan fingerprint density at radius 1 is 1.33 bits per heavy atom. The van der Waals surface area contributed by atoms with Crippen LogP contribution < -0.4 is 5.32 Å². The lowest BCUT2D eigenvalue weighted by molar-refractivity contribution is 0.0615. The second kappa shape index (κ2) is 4.42. The van der Waals surface area contributed by atoms with E-state index in [9.17, 15) is 5.11 Å². The van der Waals surface area contributed by atoms with Crippen LogP contribution in [0.3, 0.4) is 0 Å². The third kappa shape index (κ3) is 2.86. The van der Waals surface area contributed by atoms with Crippen LogP contribution in [0.5, 0.6) is 0 Å². The molecule has 1 fully saturated rings. The fraction of sp³-hybridized carbons (Fsp3) is 0.500. The molecule has 82 valence electrons. The van der Waals surface area contributed by atoms with E-state index in [1.807, 2.05) is 24.3 Å². The van der Waals surface area contributed by atoms with E-state index in [1.54, 1.807) is 0 Å². The molecule has 1 aliphatic carbocycles. The number of halogens is 1. The Bertz CT molecular complexity index is 334. The number of rotatable bonds is 3. The second-order valence-electron chi connectivity index (χ2n) is 4.30. The topological polar surface area (TPSA) is 32.3 Å². The van der Waals surface area contributed by atoms with Crippen LogP contribution in [0.15, 0.2) is 24.3 Å². The Morgan fingerprint density at radius 3 is 2.73 bits per heavy atom. The zero-order chi connectivity index (χ0) is 10.7. The monoisotopic (exact) mass is 225 g/mol. The summed E-state index contributed by atoms with van der Waals surface area (Å²) in [7, 11) is 0. The molecule has 2 nitrogen and oxygen atoms in total. The Morgan fingerprint density at radius 2 is 2.07 bits per heavy atom. The van der Waals surface area contributed by atoms with E-state index in [0.717, 1.165) is 36.4 Å². The van der Waals surface area contributed by atoms with Crippen molar-refractivity contribution in [3.05, 3.63) is 29.3 Å². The van der Waals surface area contributed by atoms with Crippen LogP contribution in [0.2, 0.25) is 5.02 Å². The summed E-state index contributed by atoms with van der Waals surface area (Å²) in [5.74, 6) is 0.